The molecule has 1 unspecified atom stereocenters. The molecule has 1 aliphatic heterocycles. The van der Waals surface area contributed by atoms with Gasteiger partial charge in [0.2, 0.25) is 0 Å². The molecule has 1 atom stereocenters. The van der Waals surface area contributed by atoms with Crippen LogP contribution in [0.5, 0.6) is 0 Å². The molecule has 0 amide bonds. The molecule has 106 valence electrons. The van der Waals surface area contributed by atoms with Gasteiger partial charge in [0.05, 0.1) is 11.3 Å². The second-order valence-corrected chi connectivity index (χ2v) is 5.87. The minimum Gasteiger partial charge on any atom is -0.389 e. The molecule has 0 bridgehead atoms. The molecule has 1 saturated heterocycles. The van der Waals surface area contributed by atoms with Crippen molar-refractivity contribution in [2.45, 2.75) is 25.8 Å². The van der Waals surface area contributed by atoms with E-state index < -0.39 is 0 Å². The Hall–Kier alpha value is -1.14. The lowest BCUT2D eigenvalue weighted by molar-refractivity contribution is 0.313. The van der Waals surface area contributed by atoms with Crippen LogP contribution in [0.15, 0.2) is 0 Å². The lowest BCUT2D eigenvalue weighted by Crippen LogP contribution is -2.38. The van der Waals surface area contributed by atoms with Crippen molar-refractivity contribution in [1.29, 1.82) is 0 Å². The minimum absolute atomic E-state index is 0.423. The molecule has 0 aromatic carbocycles. The topological polar surface area (TPSA) is 50.3 Å². The van der Waals surface area contributed by atoms with Crippen molar-refractivity contribution >= 4 is 23.0 Å². The zero-order valence-corrected chi connectivity index (χ0v) is 13.0. The lowest BCUT2D eigenvalue weighted by Gasteiger charge is -2.27. The molecule has 0 aliphatic carbocycles. The predicted molar refractivity (Wildman–Crippen MR) is 82.8 cm³/mol. The molecule has 19 heavy (non-hydrogen) atoms. The van der Waals surface area contributed by atoms with Crippen molar-refractivity contribution < 1.29 is 0 Å². The summed E-state index contributed by atoms with van der Waals surface area (Å²) in [6.45, 7) is 4.11. The normalized spacial score (nSPS) is 19.9. The number of aryl methyl sites for hydroxylation is 2. The van der Waals surface area contributed by atoms with Gasteiger partial charge < -0.3 is 15.5 Å². The van der Waals surface area contributed by atoms with E-state index in [1.807, 2.05) is 18.7 Å². The zero-order chi connectivity index (χ0) is 14.2. The molecular weight excluding hydrogens is 258 g/mol. The van der Waals surface area contributed by atoms with Gasteiger partial charge in [-0.25, -0.2) is 0 Å². The summed E-state index contributed by atoms with van der Waals surface area (Å²) in [4.78, 5) is 5.06. The molecule has 0 radical (unpaired) electrons. The number of rotatable bonds is 4. The number of thiocarbonyl (C=S) groups is 1. The van der Waals surface area contributed by atoms with Gasteiger partial charge in [-0.15, -0.1) is 0 Å². The number of aromatic nitrogens is 2. The van der Waals surface area contributed by atoms with Crippen LogP contribution < -0.4 is 10.6 Å². The van der Waals surface area contributed by atoms with Gasteiger partial charge in [0.25, 0.3) is 0 Å². The van der Waals surface area contributed by atoms with Gasteiger partial charge in [0.1, 0.15) is 10.8 Å². The van der Waals surface area contributed by atoms with E-state index >= 15 is 0 Å². The molecule has 2 N–H and O–H groups in total. The molecule has 1 aliphatic rings. The highest BCUT2D eigenvalue weighted by Gasteiger charge is 2.25. The Balaban J connectivity index is 2.23. The standard InChI is InChI=1S/C13H23N5S/c1-9-11(12(14)19)13(18(4)15-9)17(3)8-10-6-5-7-16(10)2/h10H,5-8H2,1-4H3,(H2,14,19). The molecule has 1 aromatic rings. The van der Waals surface area contributed by atoms with Gasteiger partial charge in [-0.1, -0.05) is 12.2 Å². The summed E-state index contributed by atoms with van der Waals surface area (Å²) in [5.41, 5.74) is 7.65. The molecule has 2 heterocycles. The smallest absolute Gasteiger partial charge is 0.136 e. The van der Waals surface area contributed by atoms with Crippen LogP contribution in [0.3, 0.4) is 0 Å². The van der Waals surface area contributed by atoms with Crippen LogP contribution in [0, 0.1) is 6.92 Å². The largest absolute Gasteiger partial charge is 0.389 e. The molecule has 6 heteroatoms. The van der Waals surface area contributed by atoms with Gasteiger partial charge in [0, 0.05) is 26.7 Å². The Morgan fingerprint density at radius 3 is 2.74 bits per heavy atom. The SMILES string of the molecule is Cc1nn(C)c(N(C)CC2CCCN2C)c1C(N)=S. The molecule has 2 rings (SSSR count). The highest BCUT2D eigenvalue weighted by Crippen LogP contribution is 2.24. The van der Waals surface area contributed by atoms with Crippen LogP contribution in [-0.4, -0.2) is 52.9 Å². The monoisotopic (exact) mass is 281 g/mol. The van der Waals surface area contributed by atoms with E-state index in [1.165, 1.54) is 19.4 Å². The summed E-state index contributed by atoms with van der Waals surface area (Å²) in [6, 6.07) is 0.597. The van der Waals surface area contributed by atoms with E-state index in [0.717, 1.165) is 23.6 Å². The first kappa shape index (κ1) is 14.3. The second kappa shape index (κ2) is 5.46. The highest BCUT2D eigenvalue weighted by atomic mass is 32.1. The Bertz CT molecular complexity index is 482. The van der Waals surface area contributed by atoms with Gasteiger partial charge in [-0.3, -0.25) is 4.68 Å². The number of likely N-dealkylation sites (N-methyl/N-ethyl adjacent to an activating group) is 2. The van der Waals surface area contributed by atoms with Gasteiger partial charge in [-0.05, 0) is 33.4 Å². The number of nitrogens with two attached hydrogens (primary N) is 1. The average Bonchev–Trinajstić information content (AvgIpc) is 2.82. The van der Waals surface area contributed by atoms with Crippen LogP contribution in [-0.2, 0) is 7.05 Å². The minimum atomic E-state index is 0.423. The maximum atomic E-state index is 5.84. The first-order chi connectivity index (χ1) is 8.91. The molecular formula is C13H23N5S. The maximum absolute atomic E-state index is 5.84. The Morgan fingerprint density at radius 1 is 1.53 bits per heavy atom. The molecule has 0 saturated carbocycles. The maximum Gasteiger partial charge on any atom is 0.136 e. The van der Waals surface area contributed by atoms with Crippen molar-refractivity contribution in [2.24, 2.45) is 12.8 Å². The van der Waals surface area contributed by atoms with E-state index in [0.29, 0.717) is 11.0 Å². The van der Waals surface area contributed by atoms with Crippen LogP contribution >= 0.6 is 12.2 Å². The molecule has 0 spiro atoms. The molecule has 1 fully saturated rings. The second-order valence-electron chi connectivity index (χ2n) is 5.43. The first-order valence-corrected chi connectivity index (χ1v) is 7.07. The van der Waals surface area contributed by atoms with Gasteiger partial charge in [0.15, 0.2) is 0 Å². The molecule has 5 nitrogen and oxygen atoms in total. The van der Waals surface area contributed by atoms with Crippen LogP contribution in [0.1, 0.15) is 24.1 Å². The van der Waals surface area contributed by atoms with Crippen molar-refractivity contribution in [3.63, 3.8) is 0 Å². The fourth-order valence-corrected chi connectivity index (χ4v) is 3.22. The quantitative estimate of drug-likeness (QED) is 0.831. The van der Waals surface area contributed by atoms with Gasteiger partial charge >= 0.3 is 0 Å². The fourth-order valence-electron chi connectivity index (χ4n) is 2.98. The Kier molecular flexibility index (Phi) is 4.10. The van der Waals surface area contributed by atoms with Crippen molar-refractivity contribution in [3.8, 4) is 0 Å². The summed E-state index contributed by atoms with van der Waals surface area (Å²) in [6.07, 6.45) is 2.53. The van der Waals surface area contributed by atoms with Crippen molar-refractivity contribution in [3.05, 3.63) is 11.3 Å². The summed E-state index contributed by atoms with van der Waals surface area (Å²) < 4.78 is 1.87. The third-order valence-corrected chi connectivity index (χ3v) is 4.16. The number of hydrogen-bond acceptors (Lipinski definition) is 4. The van der Waals surface area contributed by atoms with Gasteiger partial charge in [-0.2, -0.15) is 5.10 Å². The number of anilines is 1. The van der Waals surface area contributed by atoms with E-state index in [1.54, 1.807) is 0 Å². The summed E-state index contributed by atoms with van der Waals surface area (Å²) in [5, 5.41) is 4.44. The Morgan fingerprint density at radius 2 is 2.21 bits per heavy atom. The highest BCUT2D eigenvalue weighted by molar-refractivity contribution is 7.80. The van der Waals surface area contributed by atoms with E-state index in [-0.39, 0.29) is 0 Å². The number of nitrogens with zero attached hydrogens (tertiary/aromatic N) is 4. The number of likely N-dealkylation sites (tertiary alicyclic amines) is 1. The summed E-state index contributed by atoms with van der Waals surface area (Å²) in [7, 11) is 6.22. The number of hydrogen-bond donors (Lipinski definition) is 1. The Labute approximate surface area is 120 Å². The van der Waals surface area contributed by atoms with E-state index in [9.17, 15) is 0 Å². The van der Waals surface area contributed by atoms with Crippen LogP contribution in [0.25, 0.3) is 0 Å². The summed E-state index contributed by atoms with van der Waals surface area (Å²) >= 11 is 5.16. The van der Waals surface area contributed by atoms with Crippen LogP contribution in [0.4, 0.5) is 5.82 Å². The van der Waals surface area contributed by atoms with Crippen LogP contribution in [0.2, 0.25) is 0 Å². The summed E-state index contributed by atoms with van der Waals surface area (Å²) in [5.74, 6) is 1.02. The van der Waals surface area contributed by atoms with E-state index in [2.05, 4.69) is 29.0 Å². The third-order valence-electron chi connectivity index (χ3n) is 3.96. The molecule has 1 aromatic heterocycles. The lowest BCUT2D eigenvalue weighted by atomic mass is 10.2. The van der Waals surface area contributed by atoms with Crippen molar-refractivity contribution in [1.82, 2.24) is 14.7 Å². The third kappa shape index (κ3) is 2.74. The fraction of sp³-hybridized carbons (Fsp3) is 0.692. The van der Waals surface area contributed by atoms with Crippen molar-refractivity contribution in [2.75, 3.05) is 32.1 Å². The average molecular weight is 281 g/mol. The predicted octanol–water partition coefficient (Wildman–Crippen LogP) is 0.893. The van der Waals surface area contributed by atoms with E-state index in [4.69, 9.17) is 18.0 Å². The zero-order valence-electron chi connectivity index (χ0n) is 12.2. The first-order valence-electron chi connectivity index (χ1n) is 6.66.